The Morgan fingerprint density at radius 2 is 1.00 bits per heavy atom. The van der Waals surface area contributed by atoms with Gasteiger partial charge in [-0.25, -0.2) is 8.42 Å². The SMILES string of the molecule is Nc1c(N=Nc2cccc3ccccc23)ccc(N=Nc2ccc(S(=O)(=O)[O-])c3ccccc23)c1N.[Na+]. The zero-order chi connectivity index (χ0) is 25.3. The molecule has 0 aliphatic carbocycles. The first kappa shape index (κ1) is 26.4. The Hall–Kier alpha value is -3.67. The molecule has 5 aromatic carbocycles. The van der Waals surface area contributed by atoms with E-state index >= 15 is 0 Å². The minimum atomic E-state index is -4.65. The number of nitrogen functional groups attached to an aromatic ring is 2. The van der Waals surface area contributed by atoms with Crippen molar-refractivity contribution in [1.29, 1.82) is 0 Å². The van der Waals surface area contributed by atoms with Crippen LogP contribution >= 0.6 is 0 Å². The number of hydrogen-bond acceptors (Lipinski definition) is 9. The van der Waals surface area contributed by atoms with Crippen molar-refractivity contribution >= 4 is 65.8 Å². The Kier molecular flexibility index (Phi) is 7.67. The van der Waals surface area contributed by atoms with E-state index in [1.54, 1.807) is 36.4 Å². The third-order valence-electron chi connectivity index (χ3n) is 5.67. The summed E-state index contributed by atoms with van der Waals surface area (Å²) in [6.45, 7) is 0. The average molecular weight is 519 g/mol. The Bertz CT molecular complexity index is 1800. The third-order valence-corrected chi connectivity index (χ3v) is 6.56. The summed E-state index contributed by atoms with van der Waals surface area (Å²) in [5.41, 5.74) is 14.5. The van der Waals surface area contributed by atoms with Gasteiger partial charge in [-0.1, -0.05) is 60.7 Å². The monoisotopic (exact) mass is 518 g/mol. The van der Waals surface area contributed by atoms with Crippen molar-refractivity contribution in [3.63, 3.8) is 0 Å². The molecular formula is C26H19N6NaO3S. The zero-order valence-electron chi connectivity index (χ0n) is 19.7. The third kappa shape index (κ3) is 5.38. The molecule has 178 valence electrons. The first-order valence-corrected chi connectivity index (χ1v) is 12.2. The Labute approximate surface area is 235 Å². The first-order valence-electron chi connectivity index (χ1n) is 10.8. The number of anilines is 2. The van der Waals surface area contributed by atoms with Crippen molar-refractivity contribution in [2.75, 3.05) is 11.5 Å². The second kappa shape index (κ2) is 10.8. The van der Waals surface area contributed by atoms with Crippen LogP contribution in [0.4, 0.5) is 34.1 Å². The van der Waals surface area contributed by atoms with E-state index < -0.39 is 10.1 Å². The van der Waals surface area contributed by atoms with Crippen molar-refractivity contribution in [2.24, 2.45) is 20.5 Å². The number of hydrogen-bond donors (Lipinski definition) is 2. The summed E-state index contributed by atoms with van der Waals surface area (Å²) in [7, 11) is -4.65. The molecule has 0 spiro atoms. The summed E-state index contributed by atoms with van der Waals surface area (Å²) in [5.74, 6) is 0. The molecule has 0 amide bonds. The smallest absolute Gasteiger partial charge is 0.744 e. The molecule has 0 saturated heterocycles. The molecule has 0 bridgehead atoms. The number of nitrogens with zero attached hydrogens (tertiary/aromatic N) is 4. The van der Waals surface area contributed by atoms with E-state index in [2.05, 4.69) is 20.5 Å². The molecule has 0 saturated carbocycles. The molecular weight excluding hydrogens is 499 g/mol. The molecule has 37 heavy (non-hydrogen) atoms. The van der Waals surface area contributed by atoms with E-state index in [4.69, 9.17) is 11.5 Å². The molecule has 0 aliphatic rings. The second-order valence-electron chi connectivity index (χ2n) is 7.91. The maximum absolute atomic E-state index is 11.6. The minimum Gasteiger partial charge on any atom is -0.744 e. The summed E-state index contributed by atoms with van der Waals surface area (Å²) in [6, 6.07) is 26.1. The van der Waals surface area contributed by atoms with Gasteiger partial charge in [-0.3, -0.25) is 0 Å². The topological polar surface area (TPSA) is 159 Å². The predicted molar refractivity (Wildman–Crippen MR) is 139 cm³/mol. The number of benzene rings is 5. The Morgan fingerprint density at radius 3 is 1.62 bits per heavy atom. The molecule has 11 heteroatoms. The van der Waals surface area contributed by atoms with Crippen molar-refractivity contribution in [2.45, 2.75) is 4.90 Å². The first-order chi connectivity index (χ1) is 17.3. The fourth-order valence-electron chi connectivity index (χ4n) is 3.86. The van der Waals surface area contributed by atoms with Crippen molar-refractivity contribution < 1.29 is 42.5 Å². The van der Waals surface area contributed by atoms with Gasteiger partial charge in [0, 0.05) is 16.2 Å². The largest absolute Gasteiger partial charge is 1.00 e. The maximum Gasteiger partial charge on any atom is 1.00 e. The summed E-state index contributed by atoms with van der Waals surface area (Å²) in [4.78, 5) is -0.318. The molecule has 5 aromatic rings. The fourth-order valence-corrected chi connectivity index (χ4v) is 4.54. The maximum atomic E-state index is 11.6. The molecule has 0 heterocycles. The number of azo groups is 2. The predicted octanol–water partition coefficient (Wildman–Crippen LogP) is 3.90. The normalized spacial score (nSPS) is 11.9. The Morgan fingerprint density at radius 1 is 0.541 bits per heavy atom. The second-order valence-corrected chi connectivity index (χ2v) is 9.26. The van der Waals surface area contributed by atoms with E-state index in [-0.39, 0.29) is 51.2 Å². The van der Waals surface area contributed by atoms with Crippen LogP contribution in [0.3, 0.4) is 0 Å². The number of nitrogens with two attached hydrogens (primary N) is 2. The summed E-state index contributed by atoms with van der Waals surface area (Å²) >= 11 is 0. The summed E-state index contributed by atoms with van der Waals surface area (Å²) < 4.78 is 34.8. The molecule has 0 aromatic heterocycles. The van der Waals surface area contributed by atoms with Crippen LogP contribution in [0.15, 0.2) is 116 Å². The van der Waals surface area contributed by atoms with Gasteiger partial charge in [-0.05, 0) is 35.7 Å². The number of rotatable bonds is 5. The van der Waals surface area contributed by atoms with Gasteiger partial charge < -0.3 is 16.0 Å². The van der Waals surface area contributed by atoms with Crippen molar-refractivity contribution in [3.05, 3.63) is 91.0 Å². The van der Waals surface area contributed by atoms with Crippen molar-refractivity contribution in [3.8, 4) is 0 Å². The van der Waals surface area contributed by atoms with E-state index in [9.17, 15) is 13.0 Å². The summed E-state index contributed by atoms with van der Waals surface area (Å²) in [6.07, 6.45) is 0. The molecule has 4 N–H and O–H groups in total. The standard InChI is InChI=1S/C26H20N6O3S.Na/c27-25-22(31-29-20-11-5-7-16-6-1-2-8-17(16)20)12-13-23(26(25)28)32-30-21-14-15-24(36(33,34)35)19-10-4-3-9-18(19)21;/h1-15H,27-28H2,(H,33,34,35);/q;+1/p-1. The van der Waals surface area contributed by atoms with Crippen LogP contribution in [0.1, 0.15) is 0 Å². The molecule has 0 radical (unpaired) electrons. The van der Waals surface area contributed by atoms with Gasteiger partial charge >= 0.3 is 29.6 Å². The van der Waals surface area contributed by atoms with Gasteiger partial charge in [-0.2, -0.15) is 0 Å². The van der Waals surface area contributed by atoms with Gasteiger partial charge in [0.2, 0.25) is 0 Å². The van der Waals surface area contributed by atoms with Gasteiger partial charge in [0.15, 0.2) is 0 Å². The molecule has 0 aliphatic heterocycles. The van der Waals surface area contributed by atoms with Crippen molar-refractivity contribution in [1.82, 2.24) is 0 Å². The molecule has 0 atom stereocenters. The summed E-state index contributed by atoms with van der Waals surface area (Å²) in [5, 5.41) is 19.8. The van der Waals surface area contributed by atoms with Gasteiger partial charge in [-0.15, -0.1) is 20.5 Å². The van der Waals surface area contributed by atoms with Crippen LogP contribution in [-0.2, 0) is 10.1 Å². The van der Waals surface area contributed by atoms with Crippen LogP contribution in [0.25, 0.3) is 21.5 Å². The van der Waals surface area contributed by atoms with Gasteiger partial charge in [0.25, 0.3) is 0 Å². The van der Waals surface area contributed by atoms with Crippen LogP contribution < -0.4 is 41.0 Å². The molecule has 5 rings (SSSR count). The van der Waals surface area contributed by atoms with Gasteiger partial charge in [0.1, 0.15) is 21.5 Å². The van der Waals surface area contributed by atoms with E-state index in [1.807, 2.05) is 42.5 Å². The quantitative estimate of drug-likeness (QED) is 0.156. The van der Waals surface area contributed by atoms with Crippen LogP contribution in [0, 0.1) is 0 Å². The average Bonchev–Trinajstić information content (AvgIpc) is 2.88. The van der Waals surface area contributed by atoms with Crippen LogP contribution in [0.5, 0.6) is 0 Å². The minimum absolute atomic E-state index is 0. The molecule has 0 unspecified atom stereocenters. The van der Waals surface area contributed by atoms with E-state index in [0.717, 1.165) is 10.8 Å². The Balaban J connectivity index is 0.00000320. The molecule has 9 nitrogen and oxygen atoms in total. The number of fused-ring (bicyclic) bond motifs is 2. The van der Waals surface area contributed by atoms with E-state index in [1.165, 1.54) is 12.1 Å². The van der Waals surface area contributed by atoms with Crippen LogP contribution in [-0.4, -0.2) is 13.0 Å². The van der Waals surface area contributed by atoms with E-state index in [0.29, 0.717) is 28.1 Å². The van der Waals surface area contributed by atoms with Crippen LogP contribution in [0.2, 0.25) is 0 Å². The van der Waals surface area contributed by atoms with Gasteiger partial charge in [0.05, 0.1) is 27.6 Å². The zero-order valence-corrected chi connectivity index (χ0v) is 22.6. The molecule has 0 fully saturated rings. The fraction of sp³-hybridized carbons (Fsp3) is 0.